The molecule has 3 heterocycles. The van der Waals surface area contributed by atoms with Gasteiger partial charge in [-0.05, 0) is 36.8 Å². The number of carbonyl (C=O) groups excluding carboxylic acids is 1. The Morgan fingerprint density at radius 1 is 1.08 bits per heavy atom. The van der Waals surface area contributed by atoms with Crippen LogP contribution in [0.4, 0.5) is 5.69 Å². The quantitative estimate of drug-likeness (QED) is 0.536. The molecule has 2 saturated heterocycles. The second kappa shape index (κ2) is 10.9. The van der Waals surface area contributed by atoms with E-state index in [1.165, 1.54) is 0 Å². The molecular weight excluding hydrogens is 452 g/mol. The molecule has 2 aliphatic heterocycles. The van der Waals surface area contributed by atoms with Crippen LogP contribution in [0.25, 0.3) is 0 Å². The number of nitriles is 1. The highest BCUT2D eigenvalue weighted by Gasteiger charge is 2.36. The molecule has 0 radical (unpaired) electrons. The van der Waals surface area contributed by atoms with Crippen molar-refractivity contribution in [3.63, 3.8) is 0 Å². The lowest BCUT2D eigenvalue weighted by atomic mass is 10.1. The maximum atomic E-state index is 13.7. The number of hydrogen-bond acceptors (Lipinski definition) is 6. The largest absolute Gasteiger partial charge is 0.378 e. The molecule has 0 saturated carbocycles. The minimum atomic E-state index is -0.244. The number of morpholine rings is 1. The fourth-order valence-corrected chi connectivity index (χ4v) is 5.15. The Bertz CT molecular complexity index is 1200. The summed E-state index contributed by atoms with van der Waals surface area (Å²) in [5.41, 5.74) is 3.98. The Kier molecular flexibility index (Phi) is 7.31. The summed E-state index contributed by atoms with van der Waals surface area (Å²) in [4.78, 5) is 24.7. The number of amides is 1. The molecule has 186 valence electrons. The van der Waals surface area contributed by atoms with Gasteiger partial charge in [0.1, 0.15) is 6.04 Å². The topological polar surface area (TPSA) is 77.6 Å². The summed E-state index contributed by atoms with van der Waals surface area (Å²) in [6, 6.07) is 20.0. The molecule has 0 aliphatic carbocycles. The fraction of sp³-hybridized carbons (Fsp3) is 0.393. The number of rotatable bonds is 6. The Morgan fingerprint density at radius 2 is 1.83 bits per heavy atom. The van der Waals surface area contributed by atoms with Crippen molar-refractivity contribution in [2.24, 2.45) is 0 Å². The number of anilines is 1. The molecule has 2 atom stereocenters. The molecule has 2 aliphatic rings. The summed E-state index contributed by atoms with van der Waals surface area (Å²) < 4.78 is 7.67. The highest BCUT2D eigenvalue weighted by molar-refractivity contribution is 5.86. The maximum Gasteiger partial charge on any atom is 0.246 e. The van der Waals surface area contributed by atoms with Crippen LogP contribution in [0.2, 0.25) is 0 Å². The van der Waals surface area contributed by atoms with E-state index in [9.17, 15) is 4.79 Å². The first-order valence-electron chi connectivity index (χ1n) is 12.6. The zero-order chi connectivity index (χ0) is 24.9. The van der Waals surface area contributed by atoms with E-state index >= 15 is 0 Å². The summed E-state index contributed by atoms with van der Waals surface area (Å²) in [6.45, 7) is 7.64. The zero-order valence-electron chi connectivity index (χ0n) is 20.7. The van der Waals surface area contributed by atoms with Crippen LogP contribution in [-0.2, 0) is 16.1 Å². The lowest BCUT2D eigenvalue weighted by Crippen LogP contribution is -2.60. The van der Waals surface area contributed by atoms with Crippen LogP contribution in [0.5, 0.6) is 0 Å². The van der Waals surface area contributed by atoms with Crippen LogP contribution in [0.3, 0.4) is 0 Å². The third-order valence-electron chi connectivity index (χ3n) is 7.23. The molecule has 8 nitrogen and oxygen atoms in total. The number of para-hydroxylation sites is 1. The van der Waals surface area contributed by atoms with Gasteiger partial charge in [0.25, 0.3) is 0 Å². The van der Waals surface area contributed by atoms with Crippen LogP contribution < -0.4 is 4.90 Å². The summed E-state index contributed by atoms with van der Waals surface area (Å²) in [5, 5.41) is 9.11. The lowest BCUT2D eigenvalue weighted by molar-refractivity contribution is -0.137. The number of benzene rings is 2. The minimum Gasteiger partial charge on any atom is -0.378 e. The second-order valence-corrected chi connectivity index (χ2v) is 9.42. The Hall–Kier alpha value is -3.67. The van der Waals surface area contributed by atoms with E-state index in [2.05, 4.69) is 44.5 Å². The summed E-state index contributed by atoms with van der Waals surface area (Å²) in [5.74, 6) is 0.173. The third-order valence-corrected chi connectivity index (χ3v) is 7.23. The molecule has 8 heteroatoms. The Balaban J connectivity index is 1.34. The summed E-state index contributed by atoms with van der Waals surface area (Å²) in [7, 11) is 0. The van der Waals surface area contributed by atoms with Gasteiger partial charge in [-0.3, -0.25) is 9.69 Å². The van der Waals surface area contributed by atoms with Crippen LogP contribution >= 0.6 is 0 Å². The van der Waals surface area contributed by atoms with E-state index < -0.39 is 0 Å². The maximum absolute atomic E-state index is 13.7. The monoisotopic (exact) mass is 484 g/mol. The molecule has 0 spiro atoms. The van der Waals surface area contributed by atoms with Gasteiger partial charge in [0, 0.05) is 51.2 Å². The molecule has 5 rings (SSSR count). The van der Waals surface area contributed by atoms with Gasteiger partial charge in [0.05, 0.1) is 42.9 Å². The number of ether oxygens (including phenoxy) is 1. The Labute approximate surface area is 212 Å². The van der Waals surface area contributed by atoms with Crippen molar-refractivity contribution in [1.29, 1.82) is 5.26 Å². The number of carbonyl (C=O) groups is 1. The first-order chi connectivity index (χ1) is 17.6. The van der Waals surface area contributed by atoms with Crippen molar-refractivity contribution >= 4 is 11.6 Å². The molecule has 3 aromatic rings. The fourth-order valence-electron chi connectivity index (χ4n) is 5.15. The van der Waals surface area contributed by atoms with Gasteiger partial charge in [-0.2, -0.15) is 5.26 Å². The molecular formula is C28H32N6O2. The number of hydrogen-bond donors (Lipinski definition) is 0. The van der Waals surface area contributed by atoms with Crippen LogP contribution in [0.1, 0.15) is 29.8 Å². The van der Waals surface area contributed by atoms with Crippen molar-refractivity contribution in [2.45, 2.75) is 25.6 Å². The summed E-state index contributed by atoms with van der Waals surface area (Å²) >= 11 is 0. The number of nitrogens with zero attached hydrogens (tertiary/aromatic N) is 6. The SMILES string of the molecule is C[C@H](c1ccc(C#N)cc1)n1cncc1CN1CCN(c2ccccc2)C(C(=O)N2CCOCC2)C1. The smallest absolute Gasteiger partial charge is 0.246 e. The van der Waals surface area contributed by atoms with Crippen molar-refractivity contribution in [1.82, 2.24) is 19.4 Å². The standard InChI is InChI=1S/C28H32N6O2/c1-22(24-9-7-23(17-29)8-10-24)34-21-30-18-26(34)19-31-11-12-33(25-5-3-2-4-6-25)27(20-31)28(35)32-13-15-36-16-14-32/h2-10,18,21-22,27H,11-16,19-20H2,1H3/t22-,27?/m1/s1. The van der Waals surface area contributed by atoms with E-state index in [0.717, 1.165) is 36.6 Å². The zero-order valence-corrected chi connectivity index (χ0v) is 20.7. The first-order valence-corrected chi connectivity index (χ1v) is 12.6. The summed E-state index contributed by atoms with van der Waals surface area (Å²) in [6.07, 6.45) is 3.79. The molecule has 2 fully saturated rings. The number of aromatic nitrogens is 2. The van der Waals surface area contributed by atoms with Crippen LogP contribution in [-0.4, -0.2) is 77.2 Å². The minimum absolute atomic E-state index is 0.0895. The second-order valence-electron chi connectivity index (χ2n) is 9.42. The van der Waals surface area contributed by atoms with Gasteiger partial charge in [0.2, 0.25) is 5.91 Å². The lowest BCUT2D eigenvalue weighted by Gasteiger charge is -2.44. The van der Waals surface area contributed by atoms with Crippen molar-refractivity contribution in [2.75, 3.05) is 50.8 Å². The first kappa shape index (κ1) is 24.0. The van der Waals surface area contributed by atoms with E-state index in [4.69, 9.17) is 10.00 Å². The van der Waals surface area contributed by atoms with E-state index in [-0.39, 0.29) is 18.0 Å². The van der Waals surface area contributed by atoms with E-state index in [1.54, 1.807) is 0 Å². The highest BCUT2D eigenvalue weighted by Crippen LogP contribution is 2.25. The van der Waals surface area contributed by atoms with Crippen molar-refractivity contribution < 1.29 is 9.53 Å². The van der Waals surface area contributed by atoms with Crippen LogP contribution in [0, 0.1) is 11.3 Å². The van der Waals surface area contributed by atoms with Gasteiger partial charge in [0.15, 0.2) is 0 Å². The van der Waals surface area contributed by atoms with Gasteiger partial charge in [-0.15, -0.1) is 0 Å². The predicted molar refractivity (Wildman–Crippen MR) is 137 cm³/mol. The predicted octanol–water partition coefficient (Wildman–Crippen LogP) is 2.91. The highest BCUT2D eigenvalue weighted by atomic mass is 16.5. The Morgan fingerprint density at radius 3 is 2.56 bits per heavy atom. The average Bonchev–Trinajstić information content (AvgIpc) is 3.41. The van der Waals surface area contributed by atoms with Gasteiger partial charge >= 0.3 is 0 Å². The number of piperazine rings is 1. The average molecular weight is 485 g/mol. The molecule has 2 aromatic carbocycles. The van der Waals surface area contributed by atoms with Crippen molar-refractivity contribution in [3.8, 4) is 6.07 Å². The molecule has 36 heavy (non-hydrogen) atoms. The van der Waals surface area contributed by atoms with Gasteiger partial charge in [-0.1, -0.05) is 30.3 Å². The molecule has 1 aromatic heterocycles. The third kappa shape index (κ3) is 5.13. The van der Waals surface area contributed by atoms with Gasteiger partial charge in [-0.25, -0.2) is 4.98 Å². The normalized spacial score (nSPS) is 19.6. The molecule has 1 amide bonds. The van der Waals surface area contributed by atoms with Crippen molar-refractivity contribution in [3.05, 3.63) is 83.9 Å². The molecule has 0 N–H and O–H groups in total. The molecule has 1 unspecified atom stereocenters. The number of imidazole rings is 1. The molecule has 0 bridgehead atoms. The van der Waals surface area contributed by atoms with Crippen LogP contribution in [0.15, 0.2) is 67.1 Å². The van der Waals surface area contributed by atoms with E-state index in [0.29, 0.717) is 38.4 Å². The van der Waals surface area contributed by atoms with Gasteiger partial charge < -0.3 is 19.1 Å². The van der Waals surface area contributed by atoms with E-state index in [1.807, 2.05) is 59.9 Å².